The van der Waals surface area contributed by atoms with Gasteiger partial charge in [-0.2, -0.15) is 0 Å². The monoisotopic (exact) mass is 276 g/mol. The van der Waals surface area contributed by atoms with Crippen LogP contribution in [0.25, 0.3) is 0 Å². The first-order valence-electron chi connectivity index (χ1n) is 6.04. The smallest absolute Gasteiger partial charge is 0.225 e. The van der Waals surface area contributed by atoms with Crippen molar-refractivity contribution in [3.8, 4) is 0 Å². The normalized spacial score (nSPS) is 23.3. The first-order valence-corrected chi connectivity index (χ1v) is 7.19. The number of nitrogens with zero attached hydrogens (tertiary/aromatic N) is 1. The Kier molecular flexibility index (Phi) is 6.54. The minimum atomic E-state index is -0.350. The minimum Gasteiger partial charge on any atom is -0.378 e. The van der Waals surface area contributed by atoms with E-state index in [0.29, 0.717) is 0 Å². The van der Waals surface area contributed by atoms with Gasteiger partial charge in [0.05, 0.1) is 24.3 Å². The number of likely N-dealkylation sites (tertiary alicyclic amines) is 1. The molecular weight excluding hydrogens is 255 g/mol. The molecule has 0 bridgehead atoms. The van der Waals surface area contributed by atoms with Crippen molar-refractivity contribution in [2.24, 2.45) is 5.92 Å². The molecule has 0 spiro atoms. The topological polar surface area (TPSA) is 78.9 Å². The molecule has 4 atom stereocenters. The summed E-state index contributed by atoms with van der Waals surface area (Å²) in [5.74, 6) is -0.502. The molecule has 0 aromatic rings. The maximum atomic E-state index is 11.8. The van der Waals surface area contributed by atoms with E-state index in [1.165, 1.54) is 0 Å². The van der Waals surface area contributed by atoms with Crippen LogP contribution < -0.4 is 5.32 Å². The molecule has 1 fully saturated rings. The Labute approximate surface area is 109 Å². The number of rotatable bonds is 7. The van der Waals surface area contributed by atoms with Crippen molar-refractivity contribution < 1.29 is 19.2 Å². The predicted molar refractivity (Wildman–Crippen MR) is 69.3 cm³/mol. The number of ether oxygens (including phenoxy) is 1. The average molecular weight is 276 g/mol. The molecule has 0 radical (unpaired) electrons. The number of hydrogen-bond donors (Lipinski definition) is 2. The number of hydrogen-bond acceptors (Lipinski definition) is 4. The number of methoxy groups -OCH3 is 1. The molecule has 6 nitrogen and oxygen atoms in total. The SMILES string of the molecule is COC(C(C)C(=O)NCPO)C1CCCN1C=O. The van der Waals surface area contributed by atoms with Crippen LogP contribution in [0.5, 0.6) is 0 Å². The van der Waals surface area contributed by atoms with Crippen LogP contribution in [0.15, 0.2) is 0 Å². The molecule has 1 aliphatic rings. The summed E-state index contributed by atoms with van der Waals surface area (Å²) >= 11 is 0. The van der Waals surface area contributed by atoms with Crippen LogP contribution in [0.3, 0.4) is 0 Å². The van der Waals surface area contributed by atoms with E-state index in [1.54, 1.807) is 18.9 Å². The van der Waals surface area contributed by atoms with Crippen LogP contribution in [0.4, 0.5) is 0 Å². The quantitative estimate of drug-likeness (QED) is 0.503. The second-order valence-corrected chi connectivity index (χ2v) is 5.09. The van der Waals surface area contributed by atoms with Gasteiger partial charge >= 0.3 is 0 Å². The molecule has 0 aromatic heterocycles. The van der Waals surface area contributed by atoms with E-state index in [9.17, 15) is 9.59 Å². The van der Waals surface area contributed by atoms with Crippen LogP contribution in [0.1, 0.15) is 19.8 Å². The highest BCUT2D eigenvalue weighted by Crippen LogP contribution is 2.25. The summed E-state index contributed by atoms with van der Waals surface area (Å²) in [4.78, 5) is 33.2. The van der Waals surface area contributed by atoms with Crippen molar-refractivity contribution in [1.29, 1.82) is 0 Å². The van der Waals surface area contributed by atoms with Gasteiger partial charge in [-0.1, -0.05) is 6.92 Å². The fourth-order valence-corrected chi connectivity index (χ4v) is 2.68. The zero-order valence-electron chi connectivity index (χ0n) is 10.8. The molecule has 0 saturated carbocycles. The lowest BCUT2D eigenvalue weighted by Crippen LogP contribution is -2.47. The first-order chi connectivity index (χ1) is 8.65. The fourth-order valence-electron chi connectivity index (χ4n) is 2.43. The zero-order chi connectivity index (χ0) is 13.5. The zero-order valence-corrected chi connectivity index (χ0v) is 11.8. The lowest BCUT2D eigenvalue weighted by atomic mass is 9.95. The maximum Gasteiger partial charge on any atom is 0.225 e. The fraction of sp³-hybridized carbons (Fsp3) is 0.818. The van der Waals surface area contributed by atoms with Gasteiger partial charge in [0.25, 0.3) is 0 Å². The third-order valence-electron chi connectivity index (χ3n) is 3.38. The largest absolute Gasteiger partial charge is 0.378 e. The molecule has 18 heavy (non-hydrogen) atoms. The Hall–Kier alpha value is -0.710. The predicted octanol–water partition coefficient (Wildman–Crippen LogP) is -0.0822. The summed E-state index contributed by atoms with van der Waals surface area (Å²) < 4.78 is 5.41. The molecule has 4 unspecified atom stereocenters. The highest BCUT2D eigenvalue weighted by Gasteiger charge is 2.36. The Morgan fingerprint density at radius 1 is 1.72 bits per heavy atom. The Morgan fingerprint density at radius 3 is 3.00 bits per heavy atom. The lowest BCUT2D eigenvalue weighted by Gasteiger charge is -2.31. The Bertz CT molecular complexity index is 290. The van der Waals surface area contributed by atoms with Gasteiger partial charge in [-0.3, -0.25) is 9.59 Å². The third kappa shape index (κ3) is 3.64. The third-order valence-corrected chi connectivity index (χ3v) is 3.71. The first kappa shape index (κ1) is 15.3. The van der Waals surface area contributed by atoms with Gasteiger partial charge in [-0.25, -0.2) is 0 Å². The van der Waals surface area contributed by atoms with E-state index in [-0.39, 0.29) is 39.1 Å². The van der Waals surface area contributed by atoms with Crippen LogP contribution >= 0.6 is 8.81 Å². The second kappa shape index (κ2) is 7.67. The molecule has 1 saturated heterocycles. The molecule has 1 rings (SSSR count). The Morgan fingerprint density at radius 2 is 2.44 bits per heavy atom. The molecule has 1 heterocycles. The molecular formula is C11H21N2O4P. The van der Waals surface area contributed by atoms with Gasteiger partial charge in [0.2, 0.25) is 12.3 Å². The van der Waals surface area contributed by atoms with Crippen molar-refractivity contribution in [3.05, 3.63) is 0 Å². The van der Waals surface area contributed by atoms with Gasteiger partial charge in [-0.05, 0) is 12.8 Å². The number of carbonyl (C=O) groups excluding carboxylic acids is 2. The average Bonchev–Trinajstić information content (AvgIpc) is 2.84. The molecule has 2 N–H and O–H groups in total. The van der Waals surface area contributed by atoms with Crippen LogP contribution in [0.2, 0.25) is 0 Å². The molecule has 0 aromatic carbocycles. The van der Waals surface area contributed by atoms with Gasteiger partial charge in [-0.15, -0.1) is 0 Å². The van der Waals surface area contributed by atoms with Gasteiger partial charge in [0.1, 0.15) is 0 Å². The van der Waals surface area contributed by atoms with Crippen molar-refractivity contribution in [3.63, 3.8) is 0 Å². The van der Waals surface area contributed by atoms with E-state index < -0.39 is 0 Å². The van der Waals surface area contributed by atoms with E-state index in [0.717, 1.165) is 25.8 Å². The number of carbonyl (C=O) groups is 2. The minimum absolute atomic E-state index is 0.0372. The molecule has 1 aliphatic heterocycles. The highest BCUT2D eigenvalue weighted by molar-refractivity contribution is 7.31. The van der Waals surface area contributed by atoms with Gasteiger partial charge in [0, 0.05) is 22.5 Å². The van der Waals surface area contributed by atoms with Crippen LogP contribution in [-0.4, -0.2) is 54.2 Å². The van der Waals surface area contributed by atoms with Gasteiger partial charge in [0.15, 0.2) is 0 Å². The van der Waals surface area contributed by atoms with E-state index in [4.69, 9.17) is 9.63 Å². The maximum absolute atomic E-state index is 11.8. The summed E-state index contributed by atoms with van der Waals surface area (Å²) in [6, 6.07) is -0.0372. The Balaban J connectivity index is 2.64. The summed E-state index contributed by atoms with van der Waals surface area (Å²) in [5, 5.41) is 2.64. The van der Waals surface area contributed by atoms with Crippen LogP contribution in [0, 0.1) is 5.92 Å². The summed E-state index contributed by atoms with van der Waals surface area (Å²) in [5.41, 5.74) is 0. The van der Waals surface area contributed by atoms with Crippen LogP contribution in [-0.2, 0) is 14.3 Å². The van der Waals surface area contributed by atoms with Crippen molar-refractivity contribution in [1.82, 2.24) is 10.2 Å². The van der Waals surface area contributed by atoms with Crippen molar-refractivity contribution in [2.45, 2.75) is 31.9 Å². The standard InChI is InChI=1S/C11H21N2O4P/c1-8(11(15)12-6-18-16)10(17-2)9-4-3-5-13(9)7-14/h7-10,16,18H,3-6H2,1-2H3,(H,12,15). The molecule has 0 aliphatic carbocycles. The summed E-state index contributed by atoms with van der Waals surface area (Å²) in [6.07, 6.45) is 2.58. The lowest BCUT2D eigenvalue weighted by molar-refractivity contribution is -0.133. The van der Waals surface area contributed by atoms with E-state index in [2.05, 4.69) is 5.32 Å². The summed E-state index contributed by atoms with van der Waals surface area (Å²) in [6.45, 7) is 2.51. The molecule has 104 valence electrons. The summed E-state index contributed by atoms with van der Waals surface area (Å²) in [7, 11) is 1.26. The van der Waals surface area contributed by atoms with E-state index in [1.807, 2.05) is 0 Å². The number of amides is 2. The van der Waals surface area contributed by atoms with Crippen molar-refractivity contribution >= 4 is 21.1 Å². The molecule has 7 heteroatoms. The van der Waals surface area contributed by atoms with Gasteiger partial charge < -0.3 is 19.8 Å². The molecule has 2 amide bonds. The van der Waals surface area contributed by atoms with Crippen molar-refractivity contribution in [2.75, 3.05) is 19.9 Å². The van der Waals surface area contributed by atoms with E-state index >= 15 is 0 Å². The second-order valence-electron chi connectivity index (χ2n) is 4.42. The highest BCUT2D eigenvalue weighted by atomic mass is 31.1. The number of nitrogens with one attached hydrogen (secondary N) is 1.